The van der Waals surface area contributed by atoms with Gasteiger partial charge >= 0.3 is 5.97 Å². The summed E-state index contributed by atoms with van der Waals surface area (Å²) < 4.78 is 0. The van der Waals surface area contributed by atoms with E-state index in [-0.39, 0.29) is 39.8 Å². The average Bonchev–Trinajstić information content (AvgIpc) is 3.46. The number of thioether (sulfide) groups is 2. The van der Waals surface area contributed by atoms with Crippen molar-refractivity contribution in [2.24, 2.45) is 5.16 Å². The predicted octanol–water partition coefficient (Wildman–Crippen LogP) is -0.317. The summed E-state index contributed by atoms with van der Waals surface area (Å²) >= 11 is 3.61. The zero-order valence-corrected chi connectivity index (χ0v) is 21.1. The molecule has 0 aromatic carbocycles. The molecule has 15 nitrogen and oxygen atoms in total. The summed E-state index contributed by atoms with van der Waals surface area (Å²) in [4.78, 5) is 61.6. The minimum Gasteiger partial charge on any atom is -0.477 e. The van der Waals surface area contributed by atoms with Gasteiger partial charge in [-0.25, -0.2) is 9.78 Å². The third kappa shape index (κ3) is 5.14. The quantitative estimate of drug-likeness (QED) is 0.117. The number of β-lactam (4-membered cyclic amide) rings is 1. The summed E-state index contributed by atoms with van der Waals surface area (Å²) in [5.41, 5.74) is 6.03. The molecule has 0 spiro atoms. The van der Waals surface area contributed by atoms with Crippen LogP contribution in [0.15, 0.2) is 27.0 Å². The first kappa shape index (κ1) is 25.5. The summed E-state index contributed by atoms with van der Waals surface area (Å²) in [5.74, 6) is -2.15. The molecule has 0 radical (unpaired) electrons. The highest BCUT2D eigenvalue weighted by Crippen LogP contribution is 2.41. The number of hydrogen-bond acceptors (Lipinski definition) is 13. The van der Waals surface area contributed by atoms with Gasteiger partial charge in [0.05, 0.1) is 0 Å². The zero-order chi connectivity index (χ0) is 26.0. The van der Waals surface area contributed by atoms with Crippen LogP contribution >= 0.6 is 34.9 Å². The predicted molar refractivity (Wildman–Crippen MR) is 131 cm³/mol. The molecular weight excluding hydrogens is 534 g/mol. The number of thiazole rings is 1. The van der Waals surface area contributed by atoms with Crippen molar-refractivity contribution < 1.29 is 29.1 Å². The number of amides is 3. The third-order valence-corrected chi connectivity index (χ3v) is 7.81. The lowest BCUT2D eigenvalue weighted by atomic mass is 10.0. The van der Waals surface area contributed by atoms with Crippen LogP contribution in [0.5, 0.6) is 0 Å². The van der Waals surface area contributed by atoms with Crippen LogP contribution in [0.25, 0.3) is 0 Å². The minimum absolute atomic E-state index is 0.138. The molecule has 2 aromatic heterocycles. The number of carbonyl (C=O) groups excluding carboxylic acids is 3. The van der Waals surface area contributed by atoms with Crippen LogP contribution in [-0.2, 0) is 24.0 Å². The Labute approximate surface area is 215 Å². The molecule has 2 aliphatic rings. The number of anilines is 2. The molecule has 1 saturated heterocycles. The van der Waals surface area contributed by atoms with E-state index in [1.165, 1.54) is 42.9 Å². The number of nitrogen functional groups attached to an aromatic ring is 1. The Kier molecular flexibility index (Phi) is 7.45. The maximum absolute atomic E-state index is 12.9. The van der Waals surface area contributed by atoms with Gasteiger partial charge in [0.15, 0.2) is 16.0 Å². The first-order valence-electron chi connectivity index (χ1n) is 10.1. The van der Waals surface area contributed by atoms with Crippen LogP contribution in [0.3, 0.4) is 0 Å². The van der Waals surface area contributed by atoms with Gasteiger partial charge in [0, 0.05) is 23.8 Å². The normalized spacial score (nSPS) is 19.4. The Morgan fingerprint density at radius 3 is 2.83 bits per heavy atom. The van der Waals surface area contributed by atoms with Gasteiger partial charge in [-0.05, 0) is 5.57 Å². The lowest BCUT2D eigenvalue weighted by molar-refractivity contribution is -0.150. The van der Waals surface area contributed by atoms with Gasteiger partial charge in [-0.1, -0.05) is 16.9 Å². The summed E-state index contributed by atoms with van der Waals surface area (Å²) in [6, 6.07) is -0.960. The van der Waals surface area contributed by atoms with E-state index >= 15 is 0 Å². The number of carbonyl (C=O) groups is 4. The van der Waals surface area contributed by atoms with Gasteiger partial charge < -0.3 is 26.0 Å². The molecule has 6 N–H and O–H groups in total. The smallest absolute Gasteiger partial charge is 0.352 e. The second-order valence-corrected chi connectivity index (χ2v) is 10.2. The van der Waals surface area contributed by atoms with E-state index in [1.807, 2.05) is 0 Å². The first-order chi connectivity index (χ1) is 17.2. The third-order valence-electron chi connectivity index (χ3n) is 4.84. The average molecular weight is 554 g/mol. The number of carboxylic acids is 1. The number of fused-ring (bicyclic) bond motifs is 1. The van der Waals surface area contributed by atoms with Gasteiger partial charge in [-0.2, -0.15) is 0 Å². The van der Waals surface area contributed by atoms with Gasteiger partial charge in [0.1, 0.15) is 29.9 Å². The standard InChI is InChI=1S/C18H19N9O6S3/c1-6(28)20-17-23-18(25-24-17)36-4-7-3-34-14-10(13(30)27(14)11(7)15(31)32)22-12(29)9(26-33-2)8-5-35-16(19)21-8/h5,10,14H,3-4H2,1-2H3,(H2,19,21)(H,22,29)(H,31,32)(H2,20,23,24,25,28)/t10-,14+/m1/s1. The second kappa shape index (κ2) is 10.5. The number of aromatic amines is 1. The molecule has 2 atom stereocenters. The number of nitrogens with one attached hydrogen (secondary N) is 3. The summed E-state index contributed by atoms with van der Waals surface area (Å²) in [5, 5.41) is 27.8. The monoisotopic (exact) mass is 553 g/mol. The van der Waals surface area contributed by atoms with Crippen molar-refractivity contribution in [3.8, 4) is 0 Å². The van der Waals surface area contributed by atoms with Crippen LogP contribution < -0.4 is 16.4 Å². The minimum atomic E-state index is -1.26. The fourth-order valence-corrected chi connectivity index (χ4v) is 6.23. The molecular formula is C18H19N9O6S3. The van der Waals surface area contributed by atoms with Crippen molar-refractivity contribution in [2.45, 2.75) is 23.5 Å². The lowest BCUT2D eigenvalue weighted by Crippen LogP contribution is -2.71. The highest BCUT2D eigenvalue weighted by Gasteiger charge is 2.54. The Morgan fingerprint density at radius 2 is 2.19 bits per heavy atom. The lowest BCUT2D eigenvalue weighted by Gasteiger charge is -2.49. The number of nitrogens with two attached hydrogens (primary N) is 1. The van der Waals surface area contributed by atoms with Crippen LogP contribution in [0, 0.1) is 0 Å². The Bertz CT molecular complexity index is 1290. The Morgan fingerprint density at radius 1 is 1.42 bits per heavy atom. The molecule has 4 rings (SSSR count). The van der Waals surface area contributed by atoms with Crippen molar-refractivity contribution >= 4 is 75.3 Å². The van der Waals surface area contributed by atoms with Crippen molar-refractivity contribution in [3.63, 3.8) is 0 Å². The van der Waals surface area contributed by atoms with Crippen molar-refractivity contribution in [3.05, 3.63) is 22.3 Å². The van der Waals surface area contributed by atoms with Crippen molar-refractivity contribution in [1.82, 2.24) is 30.4 Å². The number of aromatic nitrogens is 4. The molecule has 2 aromatic rings. The highest BCUT2D eigenvalue weighted by atomic mass is 32.2. The number of carboxylic acid groups (broad SMARTS) is 1. The molecule has 2 aliphatic heterocycles. The molecule has 4 heterocycles. The van der Waals surface area contributed by atoms with E-state index in [0.29, 0.717) is 16.5 Å². The Balaban J connectivity index is 1.46. The topological polar surface area (TPSA) is 218 Å². The number of H-pyrrole nitrogens is 1. The summed E-state index contributed by atoms with van der Waals surface area (Å²) in [7, 11) is 1.26. The van der Waals surface area contributed by atoms with Crippen LogP contribution in [0.4, 0.5) is 11.1 Å². The molecule has 190 valence electrons. The van der Waals surface area contributed by atoms with E-state index in [0.717, 1.165) is 16.2 Å². The largest absolute Gasteiger partial charge is 0.477 e. The fraction of sp³-hybridized carbons (Fsp3) is 0.333. The number of nitrogens with zero attached hydrogens (tertiary/aromatic N) is 5. The van der Waals surface area contributed by atoms with E-state index in [4.69, 9.17) is 10.6 Å². The van der Waals surface area contributed by atoms with E-state index < -0.39 is 29.2 Å². The summed E-state index contributed by atoms with van der Waals surface area (Å²) in [6.07, 6.45) is 0. The molecule has 18 heteroatoms. The molecule has 0 saturated carbocycles. The molecule has 3 amide bonds. The fourth-order valence-electron chi connectivity index (χ4n) is 3.39. The number of aliphatic carboxylic acids is 1. The molecule has 1 fully saturated rings. The van der Waals surface area contributed by atoms with E-state index in [2.05, 4.69) is 36.0 Å². The number of hydrogen-bond donors (Lipinski definition) is 5. The maximum Gasteiger partial charge on any atom is 0.352 e. The zero-order valence-electron chi connectivity index (χ0n) is 18.7. The van der Waals surface area contributed by atoms with Crippen molar-refractivity contribution in [2.75, 3.05) is 29.7 Å². The van der Waals surface area contributed by atoms with Gasteiger partial charge in [-0.3, -0.25) is 24.6 Å². The summed E-state index contributed by atoms with van der Waals surface area (Å²) in [6.45, 7) is 1.33. The first-order valence-corrected chi connectivity index (χ1v) is 13.0. The SMILES string of the molecule is CON=C(C(=O)N[C@@H]1C(=O)N2C(C(=O)O)=C(CSc3nnc(NC(C)=O)[nH]3)CS[C@@H]12)c1csc(N)n1. The number of oxime groups is 1. The molecule has 36 heavy (non-hydrogen) atoms. The van der Waals surface area contributed by atoms with Crippen LogP contribution in [-0.4, -0.2) is 89.6 Å². The molecule has 0 unspecified atom stereocenters. The maximum atomic E-state index is 12.9. The molecule has 0 aliphatic carbocycles. The van der Waals surface area contributed by atoms with Gasteiger partial charge in [0.25, 0.3) is 11.8 Å². The highest BCUT2D eigenvalue weighted by molar-refractivity contribution is 8.01. The van der Waals surface area contributed by atoms with Crippen LogP contribution in [0.2, 0.25) is 0 Å². The second-order valence-electron chi connectivity index (χ2n) is 7.26. The van der Waals surface area contributed by atoms with Crippen molar-refractivity contribution in [1.29, 1.82) is 0 Å². The number of rotatable bonds is 9. The van der Waals surface area contributed by atoms with E-state index in [1.54, 1.807) is 0 Å². The Hall–Kier alpha value is -3.64. The van der Waals surface area contributed by atoms with Gasteiger partial charge in [0.2, 0.25) is 11.9 Å². The van der Waals surface area contributed by atoms with E-state index in [9.17, 15) is 24.3 Å². The van der Waals surface area contributed by atoms with Gasteiger partial charge in [-0.15, -0.1) is 33.3 Å². The molecule has 0 bridgehead atoms. The van der Waals surface area contributed by atoms with Crippen LogP contribution in [0.1, 0.15) is 12.6 Å².